The molecule has 1 aliphatic heterocycles. The van der Waals surface area contributed by atoms with Crippen molar-refractivity contribution in [2.24, 2.45) is 11.8 Å². The maximum atomic E-state index is 14.7. The van der Waals surface area contributed by atoms with Gasteiger partial charge in [0.15, 0.2) is 0 Å². The summed E-state index contributed by atoms with van der Waals surface area (Å²) in [4.78, 5) is 39.3. The van der Waals surface area contributed by atoms with Crippen molar-refractivity contribution in [1.29, 1.82) is 0 Å². The summed E-state index contributed by atoms with van der Waals surface area (Å²) in [5.41, 5.74) is 3.29. The highest BCUT2D eigenvalue weighted by Gasteiger charge is 2.30. The van der Waals surface area contributed by atoms with Gasteiger partial charge in [0.25, 0.3) is 11.5 Å². The Bertz CT molecular complexity index is 1150. The third-order valence-electron chi connectivity index (χ3n) is 7.43. The predicted molar refractivity (Wildman–Crippen MR) is 125 cm³/mol. The summed E-state index contributed by atoms with van der Waals surface area (Å²) in [6.45, 7) is 1.64. The van der Waals surface area contributed by atoms with E-state index in [4.69, 9.17) is 0 Å². The second-order valence-corrected chi connectivity index (χ2v) is 9.91. The van der Waals surface area contributed by atoms with Crippen molar-refractivity contribution in [2.75, 3.05) is 19.6 Å². The van der Waals surface area contributed by atoms with Crippen LogP contribution in [0.15, 0.2) is 23.0 Å². The minimum atomic E-state index is -0.547. The lowest BCUT2D eigenvalue weighted by Gasteiger charge is -2.31. The summed E-state index contributed by atoms with van der Waals surface area (Å²) < 4.78 is 14.7. The molecule has 3 aliphatic rings. The van der Waals surface area contributed by atoms with Gasteiger partial charge in [-0.15, -0.1) is 0 Å². The Kier molecular flexibility index (Phi) is 6.48. The maximum Gasteiger partial charge on any atom is 0.267 e. The van der Waals surface area contributed by atoms with Gasteiger partial charge < -0.3 is 10.2 Å². The molecule has 1 saturated heterocycles. The number of aromatic amines is 1. The summed E-state index contributed by atoms with van der Waals surface area (Å²) >= 11 is 0. The number of carbonyl (C=O) groups excluding carboxylic acids is 2. The Morgan fingerprint density at radius 2 is 1.82 bits per heavy atom. The monoisotopic (exact) mass is 466 g/mol. The van der Waals surface area contributed by atoms with E-state index in [2.05, 4.69) is 15.5 Å². The van der Waals surface area contributed by atoms with Gasteiger partial charge >= 0.3 is 0 Å². The Hall–Kier alpha value is -3.03. The zero-order valence-electron chi connectivity index (χ0n) is 19.4. The van der Waals surface area contributed by atoms with Gasteiger partial charge in [-0.05, 0) is 80.5 Å². The van der Waals surface area contributed by atoms with Gasteiger partial charge in [-0.25, -0.2) is 9.49 Å². The van der Waals surface area contributed by atoms with Crippen molar-refractivity contribution in [2.45, 2.75) is 57.8 Å². The third-order valence-corrected chi connectivity index (χ3v) is 7.43. The zero-order chi connectivity index (χ0) is 23.7. The predicted octanol–water partition coefficient (Wildman–Crippen LogP) is 2.76. The van der Waals surface area contributed by atoms with E-state index >= 15 is 0 Å². The Morgan fingerprint density at radius 1 is 1.09 bits per heavy atom. The van der Waals surface area contributed by atoms with Crippen LogP contribution in [0.25, 0.3) is 0 Å². The molecule has 2 N–H and O–H groups in total. The number of fused-ring (bicyclic) bond motifs is 1. The number of halogens is 1. The first kappa shape index (κ1) is 22.7. The van der Waals surface area contributed by atoms with E-state index < -0.39 is 5.82 Å². The lowest BCUT2D eigenvalue weighted by Crippen LogP contribution is -2.43. The number of hydrogen-bond acceptors (Lipinski definition) is 4. The van der Waals surface area contributed by atoms with Crippen LogP contribution >= 0.6 is 0 Å². The highest BCUT2D eigenvalue weighted by Crippen LogP contribution is 2.28. The number of carbonyl (C=O) groups is 2. The summed E-state index contributed by atoms with van der Waals surface area (Å²) in [5.74, 6) is -0.264. The van der Waals surface area contributed by atoms with Crippen molar-refractivity contribution in [3.05, 3.63) is 62.3 Å². The normalized spacial score (nSPS) is 18.4. The second kappa shape index (κ2) is 9.68. The van der Waals surface area contributed by atoms with E-state index in [0.29, 0.717) is 38.3 Å². The van der Waals surface area contributed by atoms with E-state index in [1.165, 1.54) is 18.9 Å². The highest BCUT2D eigenvalue weighted by atomic mass is 19.1. The highest BCUT2D eigenvalue weighted by molar-refractivity contribution is 5.95. The van der Waals surface area contributed by atoms with Gasteiger partial charge in [0.1, 0.15) is 5.82 Å². The number of nitrogens with zero attached hydrogens (tertiary/aromatic N) is 2. The molecule has 0 radical (unpaired) electrons. The molecule has 5 rings (SSSR count). The number of rotatable bonds is 6. The lowest BCUT2D eigenvalue weighted by molar-refractivity contribution is -0.126. The van der Waals surface area contributed by atoms with Crippen molar-refractivity contribution < 1.29 is 14.0 Å². The van der Waals surface area contributed by atoms with Crippen LogP contribution < -0.4 is 10.9 Å². The molecule has 0 unspecified atom stereocenters. The van der Waals surface area contributed by atoms with Gasteiger partial charge in [-0.3, -0.25) is 14.4 Å². The van der Waals surface area contributed by atoms with E-state index in [9.17, 15) is 18.8 Å². The number of hydrogen-bond donors (Lipinski definition) is 2. The third kappa shape index (κ3) is 4.91. The summed E-state index contributed by atoms with van der Waals surface area (Å²) in [7, 11) is 0. The van der Waals surface area contributed by atoms with Gasteiger partial charge in [0.2, 0.25) is 5.91 Å². The first-order valence-electron chi connectivity index (χ1n) is 12.4. The first-order chi connectivity index (χ1) is 16.5. The Labute approximate surface area is 198 Å². The Morgan fingerprint density at radius 3 is 2.56 bits per heavy atom. The van der Waals surface area contributed by atoms with Crippen LogP contribution in [0, 0.1) is 17.7 Å². The fourth-order valence-corrected chi connectivity index (χ4v) is 5.14. The van der Waals surface area contributed by atoms with Gasteiger partial charge in [0.05, 0.1) is 11.3 Å². The lowest BCUT2D eigenvalue weighted by atomic mass is 9.90. The Balaban J connectivity index is 1.26. The standard InChI is InChI=1S/C26H31FN4O3/c27-22-8-7-17(14-23-19-3-1-2-4-20(19)25(33)30-29-23)13-21(22)26(34)31-11-9-18(10-12-31)24(32)28-15-16-5-6-16/h7-8,13,16,18H,1-6,9-12,14-15H2,(H,28,32)(H,30,33). The van der Waals surface area contributed by atoms with Crippen molar-refractivity contribution >= 4 is 11.8 Å². The molecule has 180 valence electrons. The second-order valence-electron chi connectivity index (χ2n) is 9.91. The van der Waals surface area contributed by atoms with Crippen molar-refractivity contribution in [1.82, 2.24) is 20.4 Å². The van der Waals surface area contributed by atoms with E-state index in [0.717, 1.165) is 54.6 Å². The molecule has 1 aromatic carbocycles. The SMILES string of the molecule is O=C(NCC1CC1)C1CCN(C(=O)c2cc(Cc3n[nH]c(=O)c4c3CCCC4)ccc2F)CC1. The summed E-state index contributed by atoms with van der Waals surface area (Å²) in [6.07, 6.45) is 7.59. The first-order valence-corrected chi connectivity index (χ1v) is 12.4. The fourth-order valence-electron chi connectivity index (χ4n) is 5.14. The largest absolute Gasteiger partial charge is 0.356 e. The van der Waals surface area contributed by atoms with Gasteiger partial charge in [-0.2, -0.15) is 5.10 Å². The van der Waals surface area contributed by atoms with Crippen molar-refractivity contribution in [3.8, 4) is 0 Å². The van der Waals surface area contributed by atoms with Crippen LogP contribution in [0.4, 0.5) is 4.39 Å². The number of likely N-dealkylation sites (tertiary alicyclic amines) is 1. The number of nitrogens with one attached hydrogen (secondary N) is 2. The molecular formula is C26H31FN4O3. The topological polar surface area (TPSA) is 95.2 Å². The molecule has 2 aromatic rings. The molecule has 2 fully saturated rings. The zero-order valence-corrected chi connectivity index (χ0v) is 19.4. The average molecular weight is 467 g/mol. The van der Waals surface area contributed by atoms with Gasteiger partial charge in [-0.1, -0.05) is 6.07 Å². The number of piperidine rings is 1. The molecule has 1 saturated carbocycles. The molecule has 0 bridgehead atoms. The summed E-state index contributed by atoms with van der Waals surface area (Å²) in [5, 5.41) is 9.88. The van der Waals surface area contributed by atoms with Crippen LogP contribution in [0.5, 0.6) is 0 Å². The van der Waals surface area contributed by atoms with E-state index in [-0.39, 0.29) is 28.9 Å². The average Bonchev–Trinajstić information content (AvgIpc) is 3.70. The van der Waals surface area contributed by atoms with Crippen LogP contribution in [-0.2, 0) is 24.1 Å². The molecular weight excluding hydrogens is 435 g/mol. The number of H-pyrrole nitrogens is 1. The number of aromatic nitrogens is 2. The minimum Gasteiger partial charge on any atom is -0.356 e. The molecule has 1 aromatic heterocycles. The molecule has 7 nitrogen and oxygen atoms in total. The molecule has 2 aliphatic carbocycles. The van der Waals surface area contributed by atoms with E-state index in [1.807, 2.05) is 0 Å². The smallest absolute Gasteiger partial charge is 0.267 e. The quantitative estimate of drug-likeness (QED) is 0.684. The molecule has 0 atom stereocenters. The molecule has 2 heterocycles. The number of benzene rings is 1. The minimum absolute atomic E-state index is 0.0485. The van der Waals surface area contributed by atoms with E-state index in [1.54, 1.807) is 17.0 Å². The van der Waals surface area contributed by atoms with Crippen LogP contribution in [0.3, 0.4) is 0 Å². The van der Waals surface area contributed by atoms with Crippen LogP contribution in [0.2, 0.25) is 0 Å². The summed E-state index contributed by atoms with van der Waals surface area (Å²) in [6, 6.07) is 4.61. The van der Waals surface area contributed by atoms with Gasteiger partial charge in [0, 0.05) is 37.5 Å². The molecule has 2 amide bonds. The molecule has 34 heavy (non-hydrogen) atoms. The molecule has 8 heteroatoms. The van der Waals surface area contributed by atoms with Crippen LogP contribution in [-0.4, -0.2) is 46.5 Å². The fraction of sp³-hybridized carbons (Fsp3) is 0.538. The van der Waals surface area contributed by atoms with Crippen LogP contribution in [0.1, 0.15) is 71.3 Å². The number of amides is 2. The maximum absolute atomic E-state index is 14.7. The molecule has 0 spiro atoms. The van der Waals surface area contributed by atoms with Crippen molar-refractivity contribution in [3.63, 3.8) is 0 Å².